The molecule has 0 amide bonds. The van der Waals surface area contributed by atoms with Gasteiger partial charge in [0, 0.05) is 37.7 Å². The van der Waals surface area contributed by atoms with E-state index in [4.69, 9.17) is 4.74 Å². The number of nitro groups is 1. The third kappa shape index (κ3) is 5.16. The summed E-state index contributed by atoms with van der Waals surface area (Å²) in [5, 5.41) is 16.4. The molecule has 0 bridgehead atoms. The minimum absolute atomic E-state index is 0.0597. The summed E-state index contributed by atoms with van der Waals surface area (Å²) in [6, 6.07) is 6.34. The summed E-state index contributed by atoms with van der Waals surface area (Å²) in [4.78, 5) is 25.1. The minimum Gasteiger partial charge on any atom is -0.415 e. The highest BCUT2D eigenvalue weighted by molar-refractivity contribution is 7.99. The summed E-state index contributed by atoms with van der Waals surface area (Å²) in [5.74, 6) is -0.725. The highest BCUT2D eigenvalue weighted by atomic mass is 32.2. The number of piperidine rings is 1. The van der Waals surface area contributed by atoms with Crippen molar-refractivity contribution in [1.82, 2.24) is 24.7 Å². The lowest BCUT2D eigenvalue weighted by molar-refractivity contribution is -0.385. The number of anilines is 1. The number of aryl methyl sites for hydroxylation is 1. The van der Waals surface area contributed by atoms with Gasteiger partial charge in [-0.3, -0.25) is 10.1 Å². The molecule has 4 rings (SSSR count). The second-order valence-corrected chi connectivity index (χ2v) is 8.49. The van der Waals surface area contributed by atoms with Gasteiger partial charge in [-0.05, 0) is 25.0 Å². The summed E-state index contributed by atoms with van der Waals surface area (Å²) in [6.07, 6.45) is -0.374. The molecule has 1 saturated heterocycles. The maximum absolute atomic E-state index is 12.9. The molecule has 0 unspecified atom stereocenters. The van der Waals surface area contributed by atoms with Gasteiger partial charge in [0.2, 0.25) is 11.7 Å². The lowest BCUT2D eigenvalue weighted by Crippen LogP contribution is -2.35. The third-order valence-electron chi connectivity index (χ3n) is 4.95. The van der Waals surface area contributed by atoms with Gasteiger partial charge >= 0.3 is 17.7 Å². The van der Waals surface area contributed by atoms with Crippen molar-refractivity contribution in [3.05, 3.63) is 52.6 Å². The number of aromatic nitrogens is 5. The highest BCUT2D eigenvalue weighted by Crippen LogP contribution is 2.39. The molecule has 0 N–H and O–H groups in total. The average Bonchev–Trinajstić information content (AvgIpc) is 3.15. The van der Waals surface area contributed by atoms with Crippen LogP contribution in [0.2, 0.25) is 0 Å². The fraction of sp³-hybridized carbons (Fsp3) is 0.368. The van der Waals surface area contributed by atoms with Crippen molar-refractivity contribution in [2.24, 2.45) is 7.05 Å². The van der Waals surface area contributed by atoms with E-state index >= 15 is 0 Å². The molecule has 14 heteroatoms. The van der Waals surface area contributed by atoms with Crippen molar-refractivity contribution in [2.75, 3.05) is 18.0 Å². The molecule has 0 radical (unpaired) electrons. The van der Waals surface area contributed by atoms with E-state index in [1.807, 2.05) is 18.2 Å². The van der Waals surface area contributed by atoms with Gasteiger partial charge in [-0.25, -0.2) is 14.6 Å². The van der Waals surface area contributed by atoms with Crippen LogP contribution in [-0.2, 0) is 13.2 Å². The predicted octanol–water partition coefficient (Wildman–Crippen LogP) is 4.09. The molecule has 0 spiro atoms. The Bertz CT molecular complexity index is 1140. The van der Waals surface area contributed by atoms with Crippen molar-refractivity contribution in [3.63, 3.8) is 0 Å². The predicted molar refractivity (Wildman–Crippen MR) is 112 cm³/mol. The second kappa shape index (κ2) is 9.21. The van der Waals surface area contributed by atoms with Gasteiger partial charge in [0.15, 0.2) is 5.69 Å². The van der Waals surface area contributed by atoms with Crippen LogP contribution in [0.25, 0.3) is 0 Å². The van der Waals surface area contributed by atoms with E-state index in [1.165, 1.54) is 7.05 Å². The molecule has 4 heterocycles. The Hall–Kier alpha value is -3.42. The lowest BCUT2D eigenvalue weighted by atomic mass is 10.1. The number of thioether (sulfide) groups is 1. The molecule has 3 aromatic heterocycles. The van der Waals surface area contributed by atoms with Crippen molar-refractivity contribution < 1.29 is 22.8 Å². The quantitative estimate of drug-likeness (QED) is 0.380. The van der Waals surface area contributed by atoms with Crippen LogP contribution in [-0.4, -0.2) is 48.0 Å². The second-order valence-electron chi connectivity index (χ2n) is 7.17. The molecule has 174 valence electrons. The minimum atomic E-state index is -4.68. The van der Waals surface area contributed by atoms with Crippen LogP contribution in [0.5, 0.6) is 11.8 Å². The highest BCUT2D eigenvalue weighted by Gasteiger charge is 2.36. The van der Waals surface area contributed by atoms with E-state index in [9.17, 15) is 23.3 Å². The molecule has 0 atom stereocenters. The summed E-state index contributed by atoms with van der Waals surface area (Å²) in [6.45, 7) is 1.01. The van der Waals surface area contributed by atoms with E-state index in [2.05, 4.69) is 20.1 Å². The maximum atomic E-state index is 12.9. The van der Waals surface area contributed by atoms with Crippen LogP contribution in [0.1, 0.15) is 18.5 Å². The topological polar surface area (TPSA) is 112 Å². The molecule has 3 aromatic rings. The molecule has 1 aliphatic rings. The van der Waals surface area contributed by atoms with Gasteiger partial charge in [-0.2, -0.15) is 23.3 Å². The number of halogens is 3. The number of ether oxygens (including phenoxy) is 1. The van der Waals surface area contributed by atoms with Crippen molar-refractivity contribution in [2.45, 2.75) is 29.3 Å². The average molecular weight is 481 g/mol. The van der Waals surface area contributed by atoms with Crippen LogP contribution < -0.4 is 9.64 Å². The standard InChI is InChI=1S/C19H18F3N7O3S/c1-27-15(10-13(26-27)19(20,21)22)32-18-16(29(30)31)17(24-11-25-18)28-8-5-12(6-9-28)33-14-4-2-3-7-23-14/h2-4,7,10-12H,5-6,8-9H2,1H3. The van der Waals surface area contributed by atoms with Gasteiger partial charge in [-0.15, -0.1) is 11.8 Å². The maximum Gasteiger partial charge on any atom is 0.435 e. The monoisotopic (exact) mass is 481 g/mol. The van der Waals surface area contributed by atoms with Gasteiger partial charge in [0.1, 0.15) is 6.33 Å². The Labute approximate surface area is 190 Å². The van der Waals surface area contributed by atoms with Crippen molar-refractivity contribution >= 4 is 23.3 Å². The zero-order valence-corrected chi connectivity index (χ0v) is 18.1. The summed E-state index contributed by atoms with van der Waals surface area (Å²) in [7, 11) is 1.24. The number of nitrogens with zero attached hydrogens (tertiary/aromatic N) is 7. The van der Waals surface area contributed by atoms with E-state index in [0.717, 1.165) is 28.9 Å². The van der Waals surface area contributed by atoms with Crippen LogP contribution in [0.3, 0.4) is 0 Å². The summed E-state index contributed by atoms with van der Waals surface area (Å²) < 4.78 is 45.0. The first-order valence-corrected chi connectivity index (χ1v) is 10.7. The Kier molecular flexibility index (Phi) is 6.35. The molecule has 0 saturated carbocycles. The smallest absolute Gasteiger partial charge is 0.415 e. The molecular formula is C19H18F3N7O3S. The van der Waals surface area contributed by atoms with Gasteiger partial charge < -0.3 is 9.64 Å². The number of rotatable bonds is 6. The van der Waals surface area contributed by atoms with Gasteiger partial charge in [0.25, 0.3) is 0 Å². The normalized spacial score (nSPS) is 15.0. The van der Waals surface area contributed by atoms with E-state index in [-0.39, 0.29) is 11.7 Å². The van der Waals surface area contributed by atoms with Crippen molar-refractivity contribution in [1.29, 1.82) is 0 Å². The first-order valence-electron chi connectivity index (χ1n) is 9.83. The zero-order chi connectivity index (χ0) is 23.6. The first-order chi connectivity index (χ1) is 15.7. The van der Waals surface area contributed by atoms with Gasteiger partial charge in [-0.1, -0.05) is 6.07 Å². The number of alkyl halides is 3. The fourth-order valence-corrected chi connectivity index (χ4v) is 4.44. The van der Waals surface area contributed by atoms with Gasteiger partial charge in [0.05, 0.1) is 9.95 Å². The van der Waals surface area contributed by atoms with Crippen LogP contribution in [0.4, 0.5) is 24.7 Å². The fourth-order valence-electron chi connectivity index (χ4n) is 3.38. The van der Waals surface area contributed by atoms with Crippen LogP contribution in [0.15, 0.2) is 41.8 Å². The lowest BCUT2D eigenvalue weighted by Gasteiger charge is -2.31. The third-order valence-corrected chi connectivity index (χ3v) is 6.23. The summed E-state index contributed by atoms with van der Waals surface area (Å²) in [5.41, 5.74) is -1.69. The van der Waals surface area contributed by atoms with Crippen LogP contribution in [0, 0.1) is 10.1 Å². The number of hydrogen-bond donors (Lipinski definition) is 0. The van der Waals surface area contributed by atoms with E-state index < -0.39 is 28.4 Å². The molecule has 0 aliphatic carbocycles. The van der Waals surface area contributed by atoms with Crippen molar-refractivity contribution in [3.8, 4) is 11.8 Å². The Morgan fingerprint density at radius 2 is 1.97 bits per heavy atom. The van der Waals surface area contributed by atoms with Crippen LogP contribution >= 0.6 is 11.8 Å². The van der Waals surface area contributed by atoms with E-state index in [0.29, 0.717) is 24.4 Å². The molecule has 33 heavy (non-hydrogen) atoms. The molecule has 1 aliphatic heterocycles. The first kappa shape index (κ1) is 22.8. The zero-order valence-electron chi connectivity index (χ0n) is 17.3. The van der Waals surface area contributed by atoms with E-state index in [1.54, 1.807) is 22.9 Å². The summed E-state index contributed by atoms with van der Waals surface area (Å²) >= 11 is 1.65. The SMILES string of the molecule is Cn1nc(C(F)(F)F)cc1Oc1ncnc(N2CCC(Sc3ccccn3)CC2)c1[N+](=O)[O-]. The molecule has 0 aromatic carbocycles. The molecule has 1 fully saturated rings. The Balaban J connectivity index is 1.53. The molecule has 10 nitrogen and oxygen atoms in total. The number of hydrogen-bond acceptors (Lipinski definition) is 9. The number of pyridine rings is 1. The Morgan fingerprint density at radius 1 is 1.21 bits per heavy atom. The Morgan fingerprint density at radius 3 is 2.58 bits per heavy atom. The molecular weight excluding hydrogens is 463 g/mol. The largest absolute Gasteiger partial charge is 0.435 e.